The van der Waals surface area contributed by atoms with Crippen molar-refractivity contribution in [3.05, 3.63) is 23.8 Å². The Morgan fingerprint density at radius 3 is 2.50 bits per heavy atom. The van der Waals surface area contributed by atoms with E-state index in [1.807, 2.05) is 0 Å². The molecular formula is C12H14N2O5S. The minimum atomic E-state index is -3.87. The third-order valence-electron chi connectivity index (χ3n) is 3.29. The lowest BCUT2D eigenvalue weighted by Crippen LogP contribution is -2.19. The number of anilines is 1. The van der Waals surface area contributed by atoms with Crippen molar-refractivity contribution in [2.75, 3.05) is 5.32 Å². The van der Waals surface area contributed by atoms with Crippen LogP contribution in [0.15, 0.2) is 23.1 Å². The third-order valence-corrected chi connectivity index (χ3v) is 4.35. The Labute approximate surface area is 115 Å². The number of hydrogen-bond acceptors (Lipinski definition) is 4. The third kappa shape index (κ3) is 2.81. The summed E-state index contributed by atoms with van der Waals surface area (Å²) < 4.78 is 22.7. The number of primary sulfonamides is 1. The first-order valence-corrected chi connectivity index (χ1v) is 7.42. The topological polar surface area (TPSA) is 127 Å². The summed E-state index contributed by atoms with van der Waals surface area (Å²) in [6.07, 6.45) is 0.301. The smallest absolute Gasteiger partial charge is 0.307 e. The second kappa shape index (κ2) is 4.88. The number of carboxylic acids is 1. The van der Waals surface area contributed by atoms with Crippen LogP contribution in [0.25, 0.3) is 0 Å². The Hall–Kier alpha value is -1.93. The second-order valence-corrected chi connectivity index (χ2v) is 6.28. The molecule has 2 atom stereocenters. The van der Waals surface area contributed by atoms with Crippen LogP contribution in [-0.4, -0.2) is 25.4 Å². The molecule has 1 aromatic rings. The Balaban J connectivity index is 2.19. The molecule has 8 heteroatoms. The number of benzene rings is 1. The van der Waals surface area contributed by atoms with Gasteiger partial charge in [0, 0.05) is 5.69 Å². The second-order valence-electron chi connectivity index (χ2n) is 4.75. The SMILES string of the molecule is Cc1c(NC(=O)[C@@H]2C[C@@H]2C(=O)O)cccc1S(N)(=O)=O. The first kappa shape index (κ1) is 14.5. The summed E-state index contributed by atoms with van der Waals surface area (Å²) >= 11 is 0. The molecule has 1 aliphatic carbocycles. The molecule has 20 heavy (non-hydrogen) atoms. The van der Waals surface area contributed by atoms with Crippen LogP contribution >= 0.6 is 0 Å². The fourth-order valence-electron chi connectivity index (χ4n) is 2.04. The van der Waals surface area contributed by atoms with Crippen LogP contribution in [0.1, 0.15) is 12.0 Å². The molecule has 1 aliphatic rings. The van der Waals surface area contributed by atoms with E-state index in [-0.39, 0.29) is 4.90 Å². The maximum atomic E-state index is 11.8. The molecule has 4 N–H and O–H groups in total. The number of amides is 1. The Bertz CT molecular complexity index is 683. The van der Waals surface area contributed by atoms with Crippen molar-refractivity contribution < 1.29 is 23.1 Å². The highest BCUT2D eigenvalue weighted by Gasteiger charge is 2.48. The van der Waals surface area contributed by atoms with Gasteiger partial charge in [-0.05, 0) is 31.0 Å². The summed E-state index contributed by atoms with van der Waals surface area (Å²) in [6, 6.07) is 4.35. The molecule has 0 spiro atoms. The van der Waals surface area contributed by atoms with Crippen molar-refractivity contribution in [1.82, 2.24) is 0 Å². The zero-order chi connectivity index (χ0) is 15.1. The molecule has 0 saturated heterocycles. The zero-order valence-corrected chi connectivity index (χ0v) is 11.5. The lowest BCUT2D eigenvalue weighted by Gasteiger charge is -2.11. The molecule has 2 rings (SSSR count). The minimum absolute atomic E-state index is 0.0686. The molecule has 1 aromatic carbocycles. The molecule has 0 heterocycles. The highest BCUT2D eigenvalue weighted by atomic mass is 32.2. The standard InChI is InChI=1S/C12H14N2O5S/c1-6-9(3-2-4-10(6)20(13,18)19)14-11(15)7-5-8(7)12(16)17/h2-4,7-8H,5H2,1H3,(H,14,15)(H,16,17)(H2,13,18,19)/t7-,8+/m1/s1. The predicted octanol–water partition coefficient (Wildman–Crippen LogP) is 0.302. The molecule has 7 nitrogen and oxygen atoms in total. The van der Waals surface area contributed by atoms with Crippen molar-refractivity contribution in [2.45, 2.75) is 18.2 Å². The van der Waals surface area contributed by atoms with Crippen molar-refractivity contribution in [2.24, 2.45) is 17.0 Å². The van der Waals surface area contributed by atoms with Crippen LogP contribution in [0.5, 0.6) is 0 Å². The Morgan fingerprint density at radius 1 is 1.35 bits per heavy atom. The Morgan fingerprint density at radius 2 is 2.00 bits per heavy atom. The summed E-state index contributed by atoms with van der Waals surface area (Å²) in [5, 5.41) is 16.4. The maximum Gasteiger partial charge on any atom is 0.307 e. The van der Waals surface area contributed by atoms with Gasteiger partial charge in [0.25, 0.3) is 0 Å². The summed E-state index contributed by atoms with van der Waals surface area (Å²) in [5.74, 6) is -2.64. The van der Waals surface area contributed by atoms with Gasteiger partial charge in [0.15, 0.2) is 0 Å². The van der Waals surface area contributed by atoms with Crippen LogP contribution < -0.4 is 10.5 Å². The normalized spacial score (nSPS) is 21.3. The summed E-state index contributed by atoms with van der Waals surface area (Å²) in [5.41, 5.74) is 0.647. The van der Waals surface area contributed by atoms with Gasteiger partial charge in [0.1, 0.15) is 0 Å². The number of sulfonamides is 1. The molecular weight excluding hydrogens is 284 g/mol. The maximum absolute atomic E-state index is 11.8. The van der Waals surface area contributed by atoms with Crippen molar-refractivity contribution in [3.63, 3.8) is 0 Å². The number of carbonyl (C=O) groups excluding carboxylic acids is 1. The monoisotopic (exact) mass is 298 g/mol. The molecule has 0 aromatic heterocycles. The van der Waals surface area contributed by atoms with Gasteiger partial charge in [-0.25, -0.2) is 13.6 Å². The fourth-order valence-corrected chi connectivity index (χ4v) is 2.85. The van der Waals surface area contributed by atoms with Gasteiger partial charge >= 0.3 is 5.97 Å². The minimum Gasteiger partial charge on any atom is -0.481 e. The summed E-state index contributed by atoms with van der Waals surface area (Å²) in [4.78, 5) is 22.5. The molecule has 0 unspecified atom stereocenters. The number of hydrogen-bond donors (Lipinski definition) is 3. The van der Waals surface area contributed by atoms with Gasteiger partial charge in [0.05, 0.1) is 16.7 Å². The van der Waals surface area contributed by atoms with Crippen LogP contribution in [0.4, 0.5) is 5.69 Å². The largest absolute Gasteiger partial charge is 0.481 e. The predicted molar refractivity (Wildman–Crippen MR) is 70.4 cm³/mol. The van der Waals surface area contributed by atoms with Gasteiger partial charge in [0.2, 0.25) is 15.9 Å². The number of carbonyl (C=O) groups is 2. The van der Waals surface area contributed by atoms with Crippen LogP contribution in [0.2, 0.25) is 0 Å². The molecule has 1 amide bonds. The lowest BCUT2D eigenvalue weighted by atomic mass is 10.2. The summed E-state index contributed by atoms with van der Waals surface area (Å²) in [6.45, 7) is 1.52. The number of rotatable bonds is 4. The average molecular weight is 298 g/mol. The highest BCUT2D eigenvalue weighted by Crippen LogP contribution is 2.39. The van der Waals surface area contributed by atoms with Crippen molar-refractivity contribution in [1.29, 1.82) is 0 Å². The van der Waals surface area contributed by atoms with Crippen molar-refractivity contribution in [3.8, 4) is 0 Å². The molecule has 1 saturated carbocycles. The number of nitrogens with one attached hydrogen (secondary N) is 1. The van der Waals surface area contributed by atoms with E-state index in [9.17, 15) is 18.0 Å². The average Bonchev–Trinajstić information content (AvgIpc) is 3.10. The van der Waals surface area contributed by atoms with E-state index in [2.05, 4.69) is 5.32 Å². The van der Waals surface area contributed by atoms with Gasteiger partial charge in [-0.2, -0.15) is 0 Å². The van der Waals surface area contributed by atoms with E-state index in [0.717, 1.165) is 0 Å². The fraction of sp³-hybridized carbons (Fsp3) is 0.333. The van der Waals surface area contributed by atoms with Gasteiger partial charge < -0.3 is 10.4 Å². The molecule has 0 radical (unpaired) electrons. The quantitative estimate of drug-likeness (QED) is 0.737. The van der Waals surface area contributed by atoms with Crippen LogP contribution in [-0.2, 0) is 19.6 Å². The van der Waals surface area contributed by atoms with Crippen molar-refractivity contribution >= 4 is 27.6 Å². The van der Waals surface area contributed by atoms with E-state index in [4.69, 9.17) is 10.2 Å². The Kier molecular flexibility index (Phi) is 3.53. The number of aliphatic carboxylic acids is 1. The van der Waals surface area contributed by atoms with E-state index in [0.29, 0.717) is 17.7 Å². The lowest BCUT2D eigenvalue weighted by molar-refractivity contribution is -0.139. The first-order chi connectivity index (χ1) is 9.21. The van der Waals surface area contributed by atoms with E-state index < -0.39 is 33.7 Å². The van der Waals surface area contributed by atoms with Crippen LogP contribution in [0, 0.1) is 18.8 Å². The summed E-state index contributed by atoms with van der Waals surface area (Å²) in [7, 11) is -3.87. The molecule has 0 aliphatic heterocycles. The van der Waals surface area contributed by atoms with Gasteiger partial charge in [-0.15, -0.1) is 0 Å². The highest BCUT2D eigenvalue weighted by molar-refractivity contribution is 7.89. The van der Waals surface area contributed by atoms with E-state index in [1.165, 1.54) is 19.1 Å². The van der Waals surface area contributed by atoms with E-state index in [1.54, 1.807) is 6.07 Å². The van der Waals surface area contributed by atoms with Gasteiger partial charge in [-0.1, -0.05) is 6.07 Å². The number of carboxylic acid groups (broad SMARTS) is 1. The van der Waals surface area contributed by atoms with Crippen LogP contribution in [0.3, 0.4) is 0 Å². The first-order valence-electron chi connectivity index (χ1n) is 5.88. The molecule has 1 fully saturated rings. The van der Waals surface area contributed by atoms with E-state index >= 15 is 0 Å². The molecule has 0 bridgehead atoms. The zero-order valence-electron chi connectivity index (χ0n) is 10.7. The molecule has 108 valence electrons. The van der Waals surface area contributed by atoms with Gasteiger partial charge in [-0.3, -0.25) is 9.59 Å². The number of nitrogens with two attached hydrogens (primary N) is 1.